The van der Waals surface area contributed by atoms with Gasteiger partial charge in [0.2, 0.25) is 0 Å². The van der Waals surface area contributed by atoms with Crippen LogP contribution in [-0.4, -0.2) is 42.0 Å². The van der Waals surface area contributed by atoms with Crippen molar-refractivity contribution >= 4 is 5.91 Å². The molecule has 2 N–H and O–H groups in total. The van der Waals surface area contributed by atoms with Crippen LogP contribution in [0, 0.1) is 0 Å². The molecule has 1 fully saturated rings. The van der Waals surface area contributed by atoms with E-state index < -0.39 is 0 Å². The molecule has 1 aliphatic heterocycles. The lowest BCUT2D eigenvalue weighted by Crippen LogP contribution is -2.32. The van der Waals surface area contributed by atoms with E-state index in [-0.39, 0.29) is 11.9 Å². The first kappa shape index (κ1) is 20.2. The summed E-state index contributed by atoms with van der Waals surface area (Å²) in [6, 6.07) is 7.67. The standard InChI is InChI=1S/C21H30N4O3/c1-4-27-19-9-8-16(13-20(19)28-5-2)15(3)23-21(26)18-10-12-25(24-18)17-7-6-11-22-14-17/h8-10,12-13,15,17,22H,4-7,11,14H2,1-3H3,(H,23,26). The summed E-state index contributed by atoms with van der Waals surface area (Å²) in [5.74, 6) is 1.23. The Labute approximate surface area is 166 Å². The molecule has 1 aliphatic rings. The number of piperidine rings is 1. The third kappa shape index (κ3) is 4.84. The monoisotopic (exact) mass is 386 g/mol. The fraction of sp³-hybridized carbons (Fsp3) is 0.524. The van der Waals surface area contributed by atoms with Crippen LogP contribution in [0.15, 0.2) is 30.5 Å². The predicted octanol–water partition coefficient (Wildman–Crippen LogP) is 3.10. The first-order valence-corrected chi connectivity index (χ1v) is 10.1. The molecular weight excluding hydrogens is 356 g/mol. The maximum absolute atomic E-state index is 12.6. The molecule has 7 nitrogen and oxygen atoms in total. The lowest BCUT2D eigenvalue weighted by Gasteiger charge is -2.23. The molecule has 3 rings (SSSR count). The molecule has 152 valence electrons. The highest BCUT2D eigenvalue weighted by Gasteiger charge is 2.19. The Hall–Kier alpha value is -2.54. The van der Waals surface area contributed by atoms with Crippen molar-refractivity contribution in [3.05, 3.63) is 41.7 Å². The first-order valence-electron chi connectivity index (χ1n) is 10.1. The third-order valence-corrected chi connectivity index (χ3v) is 4.90. The molecule has 1 saturated heterocycles. The fourth-order valence-corrected chi connectivity index (χ4v) is 3.41. The van der Waals surface area contributed by atoms with Crippen molar-refractivity contribution in [3.8, 4) is 11.5 Å². The van der Waals surface area contributed by atoms with Crippen LogP contribution in [0.1, 0.15) is 61.7 Å². The van der Waals surface area contributed by atoms with Gasteiger partial charge in [-0.25, -0.2) is 0 Å². The number of ether oxygens (including phenoxy) is 2. The molecule has 2 unspecified atom stereocenters. The van der Waals surface area contributed by atoms with Gasteiger partial charge in [0.1, 0.15) is 5.69 Å². The lowest BCUT2D eigenvalue weighted by molar-refractivity contribution is 0.0933. The van der Waals surface area contributed by atoms with Gasteiger partial charge in [-0.2, -0.15) is 5.10 Å². The van der Waals surface area contributed by atoms with E-state index in [1.165, 1.54) is 0 Å². The van der Waals surface area contributed by atoms with Gasteiger partial charge in [0.15, 0.2) is 11.5 Å². The van der Waals surface area contributed by atoms with E-state index in [9.17, 15) is 4.79 Å². The van der Waals surface area contributed by atoms with Gasteiger partial charge in [-0.15, -0.1) is 0 Å². The summed E-state index contributed by atoms with van der Waals surface area (Å²) in [7, 11) is 0. The average Bonchev–Trinajstić information content (AvgIpc) is 3.21. The molecular formula is C21H30N4O3. The highest BCUT2D eigenvalue weighted by atomic mass is 16.5. The summed E-state index contributed by atoms with van der Waals surface area (Å²) in [5.41, 5.74) is 1.39. The van der Waals surface area contributed by atoms with Crippen molar-refractivity contribution in [2.45, 2.75) is 45.7 Å². The van der Waals surface area contributed by atoms with E-state index in [1.807, 2.05) is 49.8 Å². The van der Waals surface area contributed by atoms with E-state index in [0.717, 1.165) is 31.5 Å². The molecule has 2 heterocycles. The molecule has 1 amide bonds. The summed E-state index contributed by atoms with van der Waals surface area (Å²) in [6.07, 6.45) is 4.10. The molecule has 1 aromatic carbocycles. The number of amides is 1. The van der Waals surface area contributed by atoms with E-state index >= 15 is 0 Å². The average molecular weight is 386 g/mol. The lowest BCUT2D eigenvalue weighted by atomic mass is 10.1. The molecule has 28 heavy (non-hydrogen) atoms. The van der Waals surface area contributed by atoms with Gasteiger partial charge >= 0.3 is 0 Å². The second-order valence-corrected chi connectivity index (χ2v) is 6.95. The summed E-state index contributed by atoms with van der Waals surface area (Å²) in [4.78, 5) is 12.6. The van der Waals surface area contributed by atoms with Crippen LogP contribution in [0.5, 0.6) is 11.5 Å². The van der Waals surface area contributed by atoms with Crippen LogP contribution in [0.4, 0.5) is 0 Å². The maximum atomic E-state index is 12.6. The van der Waals surface area contributed by atoms with Crippen molar-refractivity contribution in [2.75, 3.05) is 26.3 Å². The maximum Gasteiger partial charge on any atom is 0.272 e. The van der Waals surface area contributed by atoms with Crippen LogP contribution in [0.25, 0.3) is 0 Å². The Balaban J connectivity index is 1.66. The first-order chi connectivity index (χ1) is 13.6. The topological polar surface area (TPSA) is 77.4 Å². The van der Waals surface area contributed by atoms with Crippen LogP contribution >= 0.6 is 0 Å². The van der Waals surface area contributed by atoms with Crippen molar-refractivity contribution in [3.63, 3.8) is 0 Å². The zero-order valence-corrected chi connectivity index (χ0v) is 16.9. The summed E-state index contributed by atoms with van der Waals surface area (Å²) < 4.78 is 13.2. The molecule has 2 aromatic rings. The fourth-order valence-electron chi connectivity index (χ4n) is 3.41. The second-order valence-electron chi connectivity index (χ2n) is 6.95. The van der Waals surface area contributed by atoms with Crippen LogP contribution in [-0.2, 0) is 0 Å². The van der Waals surface area contributed by atoms with Crippen molar-refractivity contribution in [1.82, 2.24) is 20.4 Å². The van der Waals surface area contributed by atoms with Crippen LogP contribution < -0.4 is 20.1 Å². The van der Waals surface area contributed by atoms with Gasteiger partial charge in [0.05, 0.1) is 25.3 Å². The number of nitrogens with one attached hydrogen (secondary N) is 2. The Bertz CT molecular complexity index is 784. The van der Waals surface area contributed by atoms with Gasteiger partial charge in [-0.3, -0.25) is 9.48 Å². The van der Waals surface area contributed by atoms with E-state index in [4.69, 9.17) is 9.47 Å². The number of benzene rings is 1. The molecule has 2 atom stereocenters. The molecule has 0 bridgehead atoms. The van der Waals surface area contributed by atoms with Crippen molar-refractivity contribution < 1.29 is 14.3 Å². The molecule has 7 heteroatoms. The number of rotatable bonds is 8. The molecule has 0 spiro atoms. The normalized spacial score (nSPS) is 17.8. The summed E-state index contributed by atoms with van der Waals surface area (Å²) in [5, 5.41) is 10.9. The van der Waals surface area contributed by atoms with Gasteiger partial charge in [-0.05, 0) is 63.9 Å². The minimum atomic E-state index is -0.179. The van der Waals surface area contributed by atoms with Crippen LogP contribution in [0.3, 0.4) is 0 Å². The SMILES string of the molecule is CCOc1ccc(C(C)NC(=O)c2ccn(C3CCCNC3)n2)cc1OCC. The van der Waals surface area contributed by atoms with Gasteiger partial charge in [-0.1, -0.05) is 6.07 Å². The number of hydrogen-bond acceptors (Lipinski definition) is 5. The number of carbonyl (C=O) groups is 1. The number of carbonyl (C=O) groups excluding carboxylic acids is 1. The van der Waals surface area contributed by atoms with E-state index in [2.05, 4.69) is 15.7 Å². The van der Waals surface area contributed by atoms with Gasteiger partial charge < -0.3 is 20.1 Å². The smallest absolute Gasteiger partial charge is 0.272 e. The number of aromatic nitrogens is 2. The zero-order valence-electron chi connectivity index (χ0n) is 16.9. The number of nitrogens with zero attached hydrogens (tertiary/aromatic N) is 2. The summed E-state index contributed by atoms with van der Waals surface area (Å²) in [6.45, 7) is 8.90. The Morgan fingerprint density at radius 1 is 1.29 bits per heavy atom. The minimum absolute atomic E-state index is 0.177. The summed E-state index contributed by atoms with van der Waals surface area (Å²) >= 11 is 0. The molecule has 1 aromatic heterocycles. The second kappa shape index (κ2) is 9.59. The van der Waals surface area contributed by atoms with Crippen LogP contribution in [0.2, 0.25) is 0 Å². The zero-order chi connectivity index (χ0) is 19.9. The Kier molecular flexibility index (Phi) is 6.92. The van der Waals surface area contributed by atoms with E-state index in [0.29, 0.717) is 36.4 Å². The van der Waals surface area contributed by atoms with Gasteiger partial charge in [0.25, 0.3) is 5.91 Å². The molecule has 0 saturated carbocycles. The largest absolute Gasteiger partial charge is 0.490 e. The Morgan fingerprint density at radius 3 is 2.79 bits per heavy atom. The quantitative estimate of drug-likeness (QED) is 0.729. The highest BCUT2D eigenvalue weighted by molar-refractivity contribution is 5.92. The van der Waals surface area contributed by atoms with Crippen molar-refractivity contribution in [1.29, 1.82) is 0 Å². The molecule has 0 aliphatic carbocycles. The van der Waals surface area contributed by atoms with E-state index in [1.54, 1.807) is 6.07 Å². The molecule has 0 radical (unpaired) electrons. The third-order valence-electron chi connectivity index (χ3n) is 4.90. The minimum Gasteiger partial charge on any atom is -0.490 e. The Morgan fingerprint density at radius 2 is 2.07 bits per heavy atom. The highest BCUT2D eigenvalue weighted by Crippen LogP contribution is 2.30. The predicted molar refractivity (Wildman–Crippen MR) is 108 cm³/mol. The number of hydrogen-bond donors (Lipinski definition) is 2. The van der Waals surface area contributed by atoms with Crippen molar-refractivity contribution in [2.24, 2.45) is 0 Å². The van der Waals surface area contributed by atoms with Gasteiger partial charge in [0, 0.05) is 12.7 Å².